The summed E-state index contributed by atoms with van der Waals surface area (Å²) in [7, 11) is 0. The van der Waals surface area contributed by atoms with E-state index in [1.54, 1.807) is 0 Å². The number of likely N-dealkylation sites (tertiary alicyclic amines) is 1. The molecule has 2 heterocycles. The molecule has 2 saturated heterocycles. The molecule has 92 valence electrons. The molecule has 0 bridgehead atoms. The minimum absolute atomic E-state index is 0.0917. The van der Waals surface area contributed by atoms with Gasteiger partial charge in [0.15, 0.2) is 0 Å². The second kappa shape index (κ2) is 5.15. The summed E-state index contributed by atoms with van der Waals surface area (Å²) in [4.78, 5) is 14.2. The van der Waals surface area contributed by atoms with Gasteiger partial charge in [0, 0.05) is 19.1 Å². The van der Waals surface area contributed by atoms with Gasteiger partial charge in [-0.3, -0.25) is 4.79 Å². The number of carbonyl (C=O) groups is 1. The van der Waals surface area contributed by atoms with Crippen molar-refractivity contribution in [2.45, 2.75) is 57.3 Å². The third-order valence-electron chi connectivity index (χ3n) is 3.73. The lowest BCUT2D eigenvalue weighted by Gasteiger charge is -2.35. The third kappa shape index (κ3) is 2.38. The quantitative estimate of drug-likeness (QED) is 0.761. The molecule has 2 aliphatic heterocycles. The van der Waals surface area contributed by atoms with E-state index >= 15 is 0 Å². The zero-order valence-electron chi connectivity index (χ0n) is 10.0. The van der Waals surface area contributed by atoms with Crippen LogP contribution in [0.1, 0.15) is 39.0 Å². The lowest BCUT2D eigenvalue weighted by molar-refractivity contribution is -0.146. The van der Waals surface area contributed by atoms with E-state index in [1.807, 2.05) is 4.90 Å². The van der Waals surface area contributed by atoms with E-state index in [-0.39, 0.29) is 18.1 Å². The molecule has 0 radical (unpaired) electrons. The Morgan fingerprint density at radius 3 is 2.81 bits per heavy atom. The molecule has 4 nitrogen and oxygen atoms in total. The van der Waals surface area contributed by atoms with Gasteiger partial charge in [0.05, 0.1) is 6.10 Å². The Morgan fingerprint density at radius 2 is 2.19 bits per heavy atom. The number of hydrogen-bond acceptors (Lipinski definition) is 3. The number of nitrogens with zero attached hydrogens (tertiary/aromatic N) is 1. The highest BCUT2D eigenvalue weighted by Gasteiger charge is 2.35. The first kappa shape index (κ1) is 11.9. The van der Waals surface area contributed by atoms with Crippen molar-refractivity contribution in [3.63, 3.8) is 0 Å². The summed E-state index contributed by atoms with van der Waals surface area (Å²) in [5.74, 6) is 0.183. The van der Waals surface area contributed by atoms with Crippen LogP contribution in [0, 0.1) is 0 Å². The largest absolute Gasteiger partial charge is 0.364 e. The molecule has 4 heteroatoms. The molecule has 0 spiro atoms. The van der Waals surface area contributed by atoms with Gasteiger partial charge in [-0.25, -0.2) is 0 Å². The number of ether oxygens (including phenoxy) is 1. The van der Waals surface area contributed by atoms with Gasteiger partial charge < -0.3 is 15.4 Å². The summed E-state index contributed by atoms with van der Waals surface area (Å²) in [6, 6.07) is 0.377. The van der Waals surface area contributed by atoms with Gasteiger partial charge in [0.25, 0.3) is 5.91 Å². The summed E-state index contributed by atoms with van der Waals surface area (Å²) in [6.07, 6.45) is 5.12. The Hall–Kier alpha value is -0.610. The highest BCUT2D eigenvalue weighted by molar-refractivity contribution is 5.81. The summed E-state index contributed by atoms with van der Waals surface area (Å²) >= 11 is 0. The maximum absolute atomic E-state index is 12.2. The van der Waals surface area contributed by atoms with Crippen LogP contribution >= 0.6 is 0 Å². The van der Waals surface area contributed by atoms with Crippen LogP contribution < -0.4 is 5.73 Å². The Kier molecular flexibility index (Phi) is 3.82. The summed E-state index contributed by atoms with van der Waals surface area (Å²) < 4.78 is 5.66. The number of piperidine rings is 1. The van der Waals surface area contributed by atoms with Crippen LogP contribution in [-0.2, 0) is 9.53 Å². The molecule has 0 aromatic carbocycles. The smallest absolute Gasteiger partial charge is 0.251 e. The molecule has 1 unspecified atom stereocenters. The normalized spacial score (nSPS) is 35.4. The van der Waals surface area contributed by atoms with Gasteiger partial charge in [-0.05, 0) is 39.0 Å². The molecule has 1 amide bonds. The molecule has 0 saturated carbocycles. The fourth-order valence-electron chi connectivity index (χ4n) is 2.67. The highest BCUT2D eigenvalue weighted by atomic mass is 16.5. The maximum Gasteiger partial charge on any atom is 0.251 e. The predicted octanol–water partition coefficient (Wildman–Crippen LogP) is 0.894. The monoisotopic (exact) mass is 226 g/mol. The third-order valence-corrected chi connectivity index (χ3v) is 3.73. The Morgan fingerprint density at radius 1 is 1.38 bits per heavy atom. The van der Waals surface area contributed by atoms with E-state index in [9.17, 15) is 4.79 Å². The first-order chi connectivity index (χ1) is 7.72. The highest BCUT2D eigenvalue weighted by Crippen LogP contribution is 2.24. The van der Waals surface area contributed by atoms with Crippen molar-refractivity contribution in [1.82, 2.24) is 4.90 Å². The van der Waals surface area contributed by atoms with E-state index in [0.717, 1.165) is 32.2 Å². The average Bonchev–Trinajstić information content (AvgIpc) is 2.77. The Bertz CT molecular complexity index is 257. The molecule has 0 aromatic heterocycles. The van der Waals surface area contributed by atoms with Crippen LogP contribution in [0.15, 0.2) is 0 Å². The predicted molar refractivity (Wildman–Crippen MR) is 62.0 cm³/mol. The van der Waals surface area contributed by atoms with E-state index in [1.165, 1.54) is 6.42 Å². The standard InChI is InChI=1S/C12H22N2O2/c1-9-4-2-3-7-14(9)12(15)11-6-5-10(8-13)16-11/h9-11H,2-8,13H2,1H3/t9?,10-,11+/m1/s1. The minimum Gasteiger partial charge on any atom is -0.364 e. The van der Waals surface area contributed by atoms with Gasteiger partial charge in [0.1, 0.15) is 6.10 Å². The number of amides is 1. The summed E-state index contributed by atoms with van der Waals surface area (Å²) in [5, 5.41) is 0. The van der Waals surface area contributed by atoms with E-state index in [4.69, 9.17) is 10.5 Å². The van der Waals surface area contributed by atoms with Crippen LogP contribution in [0.3, 0.4) is 0 Å². The molecule has 2 aliphatic rings. The first-order valence-electron chi connectivity index (χ1n) is 6.38. The van der Waals surface area contributed by atoms with Crippen molar-refractivity contribution in [3.05, 3.63) is 0 Å². The zero-order valence-corrected chi connectivity index (χ0v) is 10.0. The van der Waals surface area contributed by atoms with E-state index < -0.39 is 0 Å². The fraction of sp³-hybridized carbons (Fsp3) is 0.917. The molecule has 16 heavy (non-hydrogen) atoms. The fourth-order valence-corrected chi connectivity index (χ4v) is 2.67. The summed E-state index contributed by atoms with van der Waals surface area (Å²) in [5.41, 5.74) is 5.55. The van der Waals surface area contributed by atoms with Crippen LogP contribution in [-0.4, -0.2) is 42.1 Å². The second-order valence-electron chi connectivity index (χ2n) is 4.94. The molecule has 3 atom stereocenters. The van der Waals surface area contributed by atoms with Crippen molar-refractivity contribution >= 4 is 5.91 Å². The van der Waals surface area contributed by atoms with Gasteiger partial charge in [-0.2, -0.15) is 0 Å². The van der Waals surface area contributed by atoms with Gasteiger partial charge in [0.2, 0.25) is 0 Å². The van der Waals surface area contributed by atoms with Crippen LogP contribution in [0.25, 0.3) is 0 Å². The van der Waals surface area contributed by atoms with E-state index in [0.29, 0.717) is 12.6 Å². The maximum atomic E-state index is 12.2. The topological polar surface area (TPSA) is 55.6 Å². The van der Waals surface area contributed by atoms with E-state index in [2.05, 4.69) is 6.92 Å². The van der Waals surface area contributed by atoms with Crippen molar-refractivity contribution < 1.29 is 9.53 Å². The Balaban J connectivity index is 1.91. The zero-order chi connectivity index (χ0) is 11.5. The van der Waals surface area contributed by atoms with Crippen molar-refractivity contribution in [3.8, 4) is 0 Å². The molecule has 0 aromatic rings. The van der Waals surface area contributed by atoms with Gasteiger partial charge in [-0.1, -0.05) is 0 Å². The number of rotatable bonds is 2. The second-order valence-corrected chi connectivity index (χ2v) is 4.94. The number of hydrogen-bond donors (Lipinski definition) is 1. The molecular weight excluding hydrogens is 204 g/mol. The lowest BCUT2D eigenvalue weighted by atomic mass is 10.0. The van der Waals surface area contributed by atoms with Crippen LogP contribution in [0.4, 0.5) is 0 Å². The van der Waals surface area contributed by atoms with Crippen molar-refractivity contribution in [2.75, 3.05) is 13.1 Å². The van der Waals surface area contributed by atoms with Gasteiger partial charge in [-0.15, -0.1) is 0 Å². The molecule has 0 aliphatic carbocycles. The molecule has 2 N–H and O–H groups in total. The molecule has 2 rings (SSSR count). The van der Waals surface area contributed by atoms with Crippen molar-refractivity contribution in [1.29, 1.82) is 0 Å². The minimum atomic E-state index is -0.228. The molecular formula is C12H22N2O2. The van der Waals surface area contributed by atoms with Crippen LogP contribution in [0.2, 0.25) is 0 Å². The SMILES string of the molecule is CC1CCCCN1C(=O)[C@@H]1CC[C@H](CN)O1. The average molecular weight is 226 g/mol. The lowest BCUT2D eigenvalue weighted by Crippen LogP contribution is -2.47. The molecule has 2 fully saturated rings. The van der Waals surface area contributed by atoms with Crippen LogP contribution in [0.5, 0.6) is 0 Å². The summed E-state index contributed by atoms with van der Waals surface area (Å²) in [6.45, 7) is 3.55. The number of carbonyl (C=O) groups excluding carboxylic acids is 1. The Labute approximate surface area is 97.1 Å². The van der Waals surface area contributed by atoms with Crippen molar-refractivity contribution in [2.24, 2.45) is 5.73 Å². The number of nitrogens with two attached hydrogens (primary N) is 1. The van der Waals surface area contributed by atoms with Gasteiger partial charge >= 0.3 is 0 Å². The first-order valence-corrected chi connectivity index (χ1v) is 6.38.